The van der Waals surface area contributed by atoms with Crippen LogP contribution in [-0.4, -0.2) is 33.7 Å². The fourth-order valence-electron chi connectivity index (χ4n) is 1.77. The summed E-state index contributed by atoms with van der Waals surface area (Å²) in [7, 11) is 0. The zero-order chi connectivity index (χ0) is 11.5. The molecule has 2 rings (SSSR count). The number of carboxylic acid groups (broad SMARTS) is 1. The van der Waals surface area contributed by atoms with Crippen LogP contribution in [0.5, 0.6) is 0 Å². The molecule has 0 unspecified atom stereocenters. The first-order valence-electron chi connectivity index (χ1n) is 5.53. The van der Waals surface area contributed by atoms with Crippen LogP contribution >= 0.6 is 0 Å². The first-order chi connectivity index (χ1) is 7.65. The summed E-state index contributed by atoms with van der Waals surface area (Å²) >= 11 is 0. The number of carboxylic acids is 1. The van der Waals surface area contributed by atoms with Crippen LogP contribution in [0.15, 0.2) is 10.6 Å². The molecule has 1 aromatic rings. The van der Waals surface area contributed by atoms with E-state index in [0.29, 0.717) is 19.1 Å². The van der Waals surface area contributed by atoms with Crippen LogP contribution in [0.3, 0.4) is 0 Å². The Kier molecular flexibility index (Phi) is 3.24. The van der Waals surface area contributed by atoms with Gasteiger partial charge >= 0.3 is 5.97 Å². The van der Waals surface area contributed by atoms with Crippen molar-refractivity contribution in [2.24, 2.45) is 0 Å². The van der Waals surface area contributed by atoms with Crippen molar-refractivity contribution in [3.05, 3.63) is 17.5 Å². The van der Waals surface area contributed by atoms with Gasteiger partial charge in [-0.2, -0.15) is 0 Å². The average Bonchev–Trinajstić information content (AvgIpc) is 2.98. The van der Waals surface area contributed by atoms with Gasteiger partial charge in [0, 0.05) is 25.2 Å². The van der Waals surface area contributed by atoms with E-state index < -0.39 is 5.97 Å². The van der Waals surface area contributed by atoms with Crippen LogP contribution in [-0.2, 0) is 11.3 Å². The molecular weight excluding hydrogens is 208 g/mol. The summed E-state index contributed by atoms with van der Waals surface area (Å²) in [5.74, 6) is 0.0472. The minimum absolute atomic E-state index is 0.188. The maximum Gasteiger partial charge on any atom is 0.304 e. The summed E-state index contributed by atoms with van der Waals surface area (Å²) in [5.41, 5.74) is 0.884. The molecule has 1 N–H and O–H groups in total. The molecule has 16 heavy (non-hydrogen) atoms. The van der Waals surface area contributed by atoms with E-state index in [-0.39, 0.29) is 6.42 Å². The van der Waals surface area contributed by atoms with E-state index in [9.17, 15) is 4.79 Å². The second-order valence-corrected chi connectivity index (χ2v) is 4.27. The fourth-order valence-corrected chi connectivity index (χ4v) is 1.77. The van der Waals surface area contributed by atoms with Crippen molar-refractivity contribution in [3.8, 4) is 0 Å². The van der Waals surface area contributed by atoms with Gasteiger partial charge in [-0.15, -0.1) is 0 Å². The van der Waals surface area contributed by atoms with Crippen molar-refractivity contribution in [3.63, 3.8) is 0 Å². The normalized spacial score (nSPS) is 15.6. The molecule has 1 heterocycles. The Balaban J connectivity index is 1.89. The third-order valence-electron chi connectivity index (χ3n) is 2.72. The van der Waals surface area contributed by atoms with Crippen molar-refractivity contribution < 1.29 is 14.4 Å². The molecule has 5 nitrogen and oxygen atoms in total. The molecule has 0 aromatic carbocycles. The number of hydrogen-bond acceptors (Lipinski definition) is 4. The summed E-state index contributed by atoms with van der Waals surface area (Å²) in [6.07, 6.45) is 2.51. The quantitative estimate of drug-likeness (QED) is 0.791. The summed E-state index contributed by atoms with van der Waals surface area (Å²) in [6.45, 7) is 3.14. The minimum atomic E-state index is -0.748. The molecule has 1 aliphatic rings. The van der Waals surface area contributed by atoms with Gasteiger partial charge in [-0.25, -0.2) is 0 Å². The van der Waals surface area contributed by atoms with Crippen molar-refractivity contribution in [1.82, 2.24) is 10.1 Å². The van der Waals surface area contributed by atoms with Crippen LogP contribution in [0.2, 0.25) is 0 Å². The molecule has 0 atom stereocenters. The SMILES string of the molecule is Cc1cc(CN(CCC(=O)O)C2CC2)no1. The molecule has 1 aromatic heterocycles. The third kappa shape index (κ3) is 3.06. The molecule has 1 fully saturated rings. The topological polar surface area (TPSA) is 66.6 Å². The Morgan fingerprint density at radius 3 is 2.94 bits per heavy atom. The second-order valence-electron chi connectivity index (χ2n) is 4.27. The highest BCUT2D eigenvalue weighted by atomic mass is 16.5. The van der Waals surface area contributed by atoms with Crippen molar-refractivity contribution >= 4 is 5.97 Å². The van der Waals surface area contributed by atoms with Gasteiger partial charge in [0.2, 0.25) is 0 Å². The monoisotopic (exact) mass is 224 g/mol. The van der Waals surface area contributed by atoms with Crippen LogP contribution in [0.25, 0.3) is 0 Å². The van der Waals surface area contributed by atoms with Gasteiger partial charge in [0.05, 0.1) is 12.1 Å². The smallest absolute Gasteiger partial charge is 0.304 e. The predicted molar refractivity (Wildman–Crippen MR) is 56.9 cm³/mol. The van der Waals surface area contributed by atoms with Crippen molar-refractivity contribution in [2.75, 3.05) is 6.54 Å². The van der Waals surface area contributed by atoms with E-state index in [2.05, 4.69) is 10.1 Å². The van der Waals surface area contributed by atoms with E-state index in [4.69, 9.17) is 9.63 Å². The lowest BCUT2D eigenvalue weighted by molar-refractivity contribution is -0.137. The van der Waals surface area contributed by atoms with Crippen LogP contribution in [0.1, 0.15) is 30.7 Å². The van der Waals surface area contributed by atoms with Gasteiger partial charge < -0.3 is 9.63 Å². The molecule has 0 radical (unpaired) electrons. The van der Waals surface area contributed by atoms with Gasteiger partial charge in [0.15, 0.2) is 0 Å². The molecule has 0 saturated heterocycles. The number of aryl methyl sites for hydroxylation is 1. The van der Waals surface area contributed by atoms with Crippen molar-refractivity contribution in [1.29, 1.82) is 0 Å². The molecule has 0 bridgehead atoms. The molecule has 5 heteroatoms. The number of carbonyl (C=O) groups is 1. The number of aromatic nitrogens is 1. The Hall–Kier alpha value is -1.36. The van der Waals surface area contributed by atoms with Gasteiger partial charge in [0.25, 0.3) is 0 Å². The fraction of sp³-hybridized carbons (Fsp3) is 0.636. The number of aliphatic carboxylic acids is 1. The predicted octanol–water partition coefficient (Wildman–Crippen LogP) is 1.42. The Morgan fingerprint density at radius 1 is 1.69 bits per heavy atom. The largest absolute Gasteiger partial charge is 0.481 e. The lowest BCUT2D eigenvalue weighted by Crippen LogP contribution is -2.28. The van der Waals surface area contributed by atoms with Gasteiger partial charge in [-0.05, 0) is 19.8 Å². The summed E-state index contributed by atoms with van der Waals surface area (Å²) in [5, 5.41) is 12.6. The lowest BCUT2D eigenvalue weighted by atomic mass is 10.3. The molecule has 1 aliphatic carbocycles. The zero-order valence-electron chi connectivity index (χ0n) is 9.35. The second kappa shape index (κ2) is 4.65. The minimum Gasteiger partial charge on any atom is -0.481 e. The zero-order valence-corrected chi connectivity index (χ0v) is 9.35. The number of rotatable bonds is 6. The third-order valence-corrected chi connectivity index (χ3v) is 2.72. The average molecular weight is 224 g/mol. The first-order valence-corrected chi connectivity index (χ1v) is 5.53. The van der Waals surface area contributed by atoms with Crippen LogP contribution < -0.4 is 0 Å². The van der Waals surface area contributed by atoms with Crippen LogP contribution in [0, 0.1) is 6.92 Å². The summed E-state index contributed by atoms with van der Waals surface area (Å²) in [6, 6.07) is 2.44. The Bertz CT molecular complexity index is 371. The van der Waals surface area contributed by atoms with E-state index in [1.165, 1.54) is 0 Å². The van der Waals surface area contributed by atoms with E-state index >= 15 is 0 Å². The highest BCUT2D eigenvalue weighted by molar-refractivity contribution is 5.66. The van der Waals surface area contributed by atoms with Crippen LogP contribution in [0.4, 0.5) is 0 Å². The molecular formula is C11H16N2O3. The van der Waals surface area contributed by atoms with Gasteiger partial charge in [0.1, 0.15) is 5.76 Å². The molecule has 88 valence electrons. The van der Waals surface area contributed by atoms with Gasteiger partial charge in [-0.3, -0.25) is 9.69 Å². The standard InChI is InChI=1S/C11H16N2O3/c1-8-6-9(12-16-8)7-13(10-2-3-10)5-4-11(14)15/h6,10H,2-5,7H2,1H3,(H,14,15). The van der Waals surface area contributed by atoms with E-state index in [0.717, 1.165) is 24.3 Å². The number of nitrogens with zero attached hydrogens (tertiary/aromatic N) is 2. The Morgan fingerprint density at radius 2 is 2.44 bits per heavy atom. The van der Waals surface area contributed by atoms with E-state index in [1.54, 1.807) is 0 Å². The Labute approximate surface area is 94.0 Å². The molecule has 0 amide bonds. The van der Waals surface area contributed by atoms with E-state index in [1.807, 2.05) is 13.0 Å². The highest BCUT2D eigenvalue weighted by Gasteiger charge is 2.29. The summed E-state index contributed by atoms with van der Waals surface area (Å²) < 4.78 is 5.00. The molecule has 0 aliphatic heterocycles. The maximum atomic E-state index is 10.5. The summed E-state index contributed by atoms with van der Waals surface area (Å²) in [4.78, 5) is 12.7. The molecule has 0 spiro atoms. The van der Waals surface area contributed by atoms with Crippen molar-refractivity contribution in [2.45, 2.75) is 38.8 Å². The maximum absolute atomic E-state index is 10.5. The highest BCUT2D eigenvalue weighted by Crippen LogP contribution is 2.28. The van der Waals surface area contributed by atoms with Gasteiger partial charge in [-0.1, -0.05) is 5.16 Å². The molecule has 1 saturated carbocycles. The lowest BCUT2D eigenvalue weighted by Gasteiger charge is -2.19. The first kappa shape index (κ1) is 11.1. The number of hydrogen-bond donors (Lipinski definition) is 1.